The Morgan fingerprint density at radius 1 is 1.06 bits per heavy atom. The van der Waals surface area contributed by atoms with Crippen molar-refractivity contribution < 1.29 is 0 Å². The van der Waals surface area contributed by atoms with Gasteiger partial charge in [0.25, 0.3) is 0 Å². The molecule has 0 saturated carbocycles. The van der Waals surface area contributed by atoms with Crippen LogP contribution in [0.25, 0.3) is 0 Å². The number of anilines is 1. The second kappa shape index (κ2) is 5.04. The van der Waals surface area contributed by atoms with Gasteiger partial charge in [0.2, 0.25) is 0 Å². The monoisotopic (exact) mass is 267 g/mol. The number of hydrogen-bond donors (Lipinski definition) is 0. The minimum Gasteiger partial charge on any atom is -0.354 e. The lowest BCUT2D eigenvalue weighted by Crippen LogP contribution is -2.27. The third-order valence-corrected chi connectivity index (χ3v) is 4.14. The van der Waals surface area contributed by atoms with Crippen LogP contribution in [0.15, 0.2) is 0 Å². The standard InChI is InChI=1S/C14H22ClN3/c1-10-11(2)17-13(12(15)16-10)18-8-5-6-14(3,4)7-9-18/h5-9H2,1-4H3. The highest BCUT2D eigenvalue weighted by atomic mass is 35.5. The van der Waals surface area contributed by atoms with Crippen molar-refractivity contribution in [2.24, 2.45) is 5.41 Å². The fraction of sp³-hybridized carbons (Fsp3) is 0.714. The quantitative estimate of drug-likeness (QED) is 0.776. The van der Waals surface area contributed by atoms with E-state index in [4.69, 9.17) is 11.6 Å². The second-order valence-corrected chi connectivity index (χ2v) is 6.37. The number of halogens is 1. The maximum atomic E-state index is 6.24. The van der Waals surface area contributed by atoms with Gasteiger partial charge in [0.05, 0.1) is 11.4 Å². The van der Waals surface area contributed by atoms with Crippen LogP contribution in [-0.2, 0) is 0 Å². The predicted octanol–water partition coefficient (Wildman–Crippen LogP) is 3.76. The molecule has 0 bridgehead atoms. The van der Waals surface area contributed by atoms with E-state index in [2.05, 4.69) is 28.7 Å². The first-order valence-electron chi connectivity index (χ1n) is 6.65. The average Bonchev–Trinajstić information content (AvgIpc) is 2.45. The average molecular weight is 268 g/mol. The topological polar surface area (TPSA) is 29.0 Å². The van der Waals surface area contributed by atoms with E-state index in [-0.39, 0.29) is 0 Å². The van der Waals surface area contributed by atoms with Crippen LogP contribution >= 0.6 is 11.6 Å². The van der Waals surface area contributed by atoms with E-state index < -0.39 is 0 Å². The Kier molecular flexibility index (Phi) is 3.81. The summed E-state index contributed by atoms with van der Waals surface area (Å²) in [5.41, 5.74) is 2.31. The van der Waals surface area contributed by atoms with Crippen LogP contribution < -0.4 is 4.90 Å². The number of rotatable bonds is 1. The Bertz CT molecular complexity index is 443. The van der Waals surface area contributed by atoms with E-state index >= 15 is 0 Å². The molecule has 0 aromatic carbocycles. The van der Waals surface area contributed by atoms with E-state index in [1.807, 2.05) is 13.8 Å². The zero-order chi connectivity index (χ0) is 13.3. The number of nitrogens with zero attached hydrogens (tertiary/aromatic N) is 3. The molecule has 100 valence electrons. The fourth-order valence-corrected chi connectivity index (χ4v) is 2.69. The van der Waals surface area contributed by atoms with Gasteiger partial charge in [-0.2, -0.15) is 0 Å². The fourth-order valence-electron chi connectivity index (χ4n) is 2.40. The maximum Gasteiger partial charge on any atom is 0.171 e. The third kappa shape index (κ3) is 2.94. The summed E-state index contributed by atoms with van der Waals surface area (Å²) in [6, 6.07) is 0. The van der Waals surface area contributed by atoms with E-state index in [0.717, 1.165) is 30.3 Å². The van der Waals surface area contributed by atoms with Crippen molar-refractivity contribution in [3.8, 4) is 0 Å². The normalized spacial score (nSPS) is 19.7. The summed E-state index contributed by atoms with van der Waals surface area (Å²) in [5, 5.41) is 0.540. The summed E-state index contributed by atoms with van der Waals surface area (Å²) in [6.07, 6.45) is 3.63. The number of hydrogen-bond acceptors (Lipinski definition) is 3. The lowest BCUT2D eigenvalue weighted by molar-refractivity contribution is 0.325. The maximum absolute atomic E-state index is 6.24. The van der Waals surface area contributed by atoms with Crippen LogP contribution in [0.3, 0.4) is 0 Å². The van der Waals surface area contributed by atoms with Gasteiger partial charge in [-0.3, -0.25) is 0 Å². The lowest BCUT2D eigenvalue weighted by Gasteiger charge is -2.24. The molecule has 1 aromatic heterocycles. The molecule has 0 atom stereocenters. The molecule has 0 N–H and O–H groups in total. The second-order valence-electron chi connectivity index (χ2n) is 6.01. The lowest BCUT2D eigenvalue weighted by atomic mass is 9.85. The van der Waals surface area contributed by atoms with Crippen LogP contribution in [0, 0.1) is 19.3 Å². The van der Waals surface area contributed by atoms with E-state index in [1.165, 1.54) is 19.3 Å². The summed E-state index contributed by atoms with van der Waals surface area (Å²) in [6.45, 7) is 10.7. The molecule has 1 aromatic rings. The van der Waals surface area contributed by atoms with Gasteiger partial charge in [-0.25, -0.2) is 9.97 Å². The van der Waals surface area contributed by atoms with Gasteiger partial charge < -0.3 is 4.90 Å². The van der Waals surface area contributed by atoms with Crippen LogP contribution in [0.4, 0.5) is 5.82 Å². The van der Waals surface area contributed by atoms with Gasteiger partial charge >= 0.3 is 0 Å². The van der Waals surface area contributed by atoms with Crippen LogP contribution in [0.5, 0.6) is 0 Å². The largest absolute Gasteiger partial charge is 0.354 e. The summed E-state index contributed by atoms with van der Waals surface area (Å²) >= 11 is 6.24. The molecule has 1 aliphatic rings. The minimum absolute atomic E-state index is 0.425. The number of aryl methyl sites for hydroxylation is 2. The summed E-state index contributed by atoms with van der Waals surface area (Å²) in [5.74, 6) is 0.859. The van der Waals surface area contributed by atoms with Gasteiger partial charge in [0.15, 0.2) is 11.0 Å². The van der Waals surface area contributed by atoms with Crippen molar-refractivity contribution in [2.75, 3.05) is 18.0 Å². The zero-order valence-corrected chi connectivity index (χ0v) is 12.5. The van der Waals surface area contributed by atoms with Gasteiger partial charge in [0.1, 0.15) is 0 Å². The third-order valence-electron chi connectivity index (χ3n) is 3.89. The molecular formula is C14H22ClN3. The Balaban J connectivity index is 2.24. The van der Waals surface area contributed by atoms with Crippen LogP contribution in [0.1, 0.15) is 44.5 Å². The summed E-state index contributed by atoms with van der Waals surface area (Å²) < 4.78 is 0. The molecule has 0 amide bonds. The summed E-state index contributed by atoms with van der Waals surface area (Å²) in [7, 11) is 0. The molecule has 1 saturated heterocycles. The summed E-state index contributed by atoms with van der Waals surface area (Å²) in [4.78, 5) is 11.3. The van der Waals surface area contributed by atoms with Gasteiger partial charge in [-0.05, 0) is 38.5 Å². The first-order valence-corrected chi connectivity index (χ1v) is 7.02. The van der Waals surface area contributed by atoms with Crippen molar-refractivity contribution >= 4 is 17.4 Å². The van der Waals surface area contributed by atoms with Crippen LogP contribution in [-0.4, -0.2) is 23.1 Å². The Labute approximate surface area is 115 Å². The van der Waals surface area contributed by atoms with E-state index in [0.29, 0.717) is 10.6 Å². The van der Waals surface area contributed by atoms with Crippen molar-refractivity contribution in [3.63, 3.8) is 0 Å². The molecule has 2 rings (SSSR count). The molecule has 18 heavy (non-hydrogen) atoms. The van der Waals surface area contributed by atoms with Crippen molar-refractivity contribution in [1.82, 2.24) is 9.97 Å². The number of aromatic nitrogens is 2. The molecular weight excluding hydrogens is 246 g/mol. The molecule has 2 heterocycles. The molecule has 1 fully saturated rings. The molecule has 1 aliphatic heterocycles. The van der Waals surface area contributed by atoms with Crippen molar-refractivity contribution in [1.29, 1.82) is 0 Å². The molecule has 0 radical (unpaired) electrons. The zero-order valence-electron chi connectivity index (χ0n) is 11.8. The van der Waals surface area contributed by atoms with Gasteiger partial charge in [-0.1, -0.05) is 25.4 Å². The van der Waals surface area contributed by atoms with Gasteiger partial charge in [-0.15, -0.1) is 0 Å². The van der Waals surface area contributed by atoms with E-state index in [1.54, 1.807) is 0 Å². The predicted molar refractivity (Wildman–Crippen MR) is 76.4 cm³/mol. The Morgan fingerprint density at radius 2 is 1.72 bits per heavy atom. The van der Waals surface area contributed by atoms with E-state index in [9.17, 15) is 0 Å². The smallest absolute Gasteiger partial charge is 0.171 e. The first-order chi connectivity index (χ1) is 8.39. The van der Waals surface area contributed by atoms with Gasteiger partial charge in [0, 0.05) is 13.1 Å². The SMILES string of the molecule is Cc1nc(Cl)c(N2CCCC(C)(C)CC2)nc1C. The highest BCUT2D eigenvalue weighted by Gasteiger charge is 2.25. The molecule has 4 heteroatoms. The Morgan fingerprint density at radius 3 is 2.44 bits per heavy atom. The molecule has 0 spiro atoms. The van der Waals surface area contributed by atoms with Crippen LogP contribution in [0.2, 0.25) is 5.15 Å². The highest BCUT2D eigenvalue weighted by Crippen LogP contribution is 2.32. The Hall–Kier alpha value is -0.830. The minimum atomic E-state index is 0.425. The van der Waals surface area contributed by atoms with Crippen molar-refractivity contribution in [3.05, 3.63) is 16.5 Å². The first kappa shape index (κ1) is 13.6. The van der Waals surface area contributed by atoms with Crippen molar-refractivity contribution in [2.45, 2.75) is 47.0 Å². The highest BCUT2D eigenvalue weighted by molar-refractivity contribution is 6.31. The molecule has 0 unspecified atom stereocenters. The molecule has 3 nitrogen and oxygen atoms in total. The molecule has 0 aliphatic carbocycles.